The fourth-order valence-electron chi connectivity index (χ4n) is 1.50. The van der Waals surface area contributed by atoms with Gasteiger partial charge in [0.2, 0.25) is 5.91 Å². The maximum absolute atomic E-state index is 11.4. The molecule has 0 heterocycles. The van der Waals surface area contributed by atoms with Gasteiger partial charge in [-0.15, -0.1) is 0 Å². The number of methoxy groups -OCH3 is 1. The van der Waals surface area contributed by atoms with E-state index in [1.54, 1.807) is 13.2 Å². The van der Waals surface area contributed by atoms with Gasteiger partial charge >= 0.3 is 0 Å². The fourth-order valence-corrected chi connectivity index (χ4v) is 1.70. The summed E-state index contributed by atoms with van der Waals surface area (Å²) in [7, 11) is 1.60. The average Bonchev–Trinajstić information content (AvgIpc) is 2.37. The lowest BCUT2D eigenvalue weighted by Crippen LogP contribution is -2.32. The maximum atomic E-state index is 11.4. The molecule has 0 fully saturated rings. The lowest BCUT2D eigenvalue weighted by molar-refractivity contribution is -0.126. The molecule has 0 aromatic heterocycles. The van der Waals surface area contributed by atoms with Gasteiger partial charge in [0.1, 0.15) is 6.61 Å². The van der Waals surface area contributed by atoms with Crippen molar-refractivity contribution in [3.05, 3.63) is 34.9 Å². The second-order valence-corrected chi connectivity index (χ2v) is 4.16. The summed E-state index contributed by atoms with van der Waals surface area (Å²) in [5, 5.41) is 3.40. The summed E-state index contributed by atoms with van der Waals surface area (Å²) in [4.78, 5) is 11.4. The van der Waals surface area contributed by atoms with Crippen molar-refractivity contribution in [1.29, 1.82) is 0 Å². The molecular weight excluding hydrogens is 254 g/mol. The summed E-state index contributed by atoms with van der Waals surface area (Å²) < 4.78 is 10.3. The van der Waals surface area contributed by atoms with Gasteiger partial charge in [0.05, 0.1) is 6.10 Å². The van der Waals surface area contributed by atoms with Gasteiger partial charge in [-0.25, -0.2) is 0 Å². The molecule has 18 heavy (non-hydrogen) atoms. The number of carbonyl (C=O) groups is 1. The van der Waals surface area contributed by atoms with Crippen LogP contribution in [0.1, 0.15) is 18.6 Å². The number of hydrogen-bond donors (Lipinski definition) is 1. The minimum Gasteiger partial charge on any atom is -0.375 e. The Bertz CT molecular complexity index is 384. The lowest BCUT2D eigenvalue weighted by Gasteiger charge is -2.16. The molecule has 0 bridgehead atoms. The Balaban J connectivity index is 2.50. The number of ether oxygens (including phenoxy) is 2. The molecule has 1 rings (SSSR count). The Morgan fingerprint density at radius 3 is 2.89 bits per heavy atom. The van der Waals surface area contributed by atoms with E-state index >= 15 is 0 Å². The van der Waals surface area contributed by atoms with Gasteiger partial charge in [-0.3, -0.25) is 4.79 Å². The number of hydrogen-bond acceptors (Lipinski definition) is 3. The minimum atomic E-state index is -0.214. The van der Waals surface area contributed by atoms with E-state index in [0.29, 0.717) is 18.2 Å². The van der Waals surface area contributed by atoms with Crippen LogP contribution in [0.2, 0.25) is 5.02 Å². The van der Waals surface area contributed by atoms with E-state index in [2.05, 4.69) is 5.32 Å². The Morgan fingerprint density at radius 2 is 2.28 bits per heavy atom. The second-order valence-electron chi connectivity index (χ2n) is 3.72. The van der Waals surface area contributed by atoms with Crippen molar-refractivity contribution < 1.29 is 14.3 Å². The molecule has 0 aliphatic heterocycles. The second kappa shape index (κ2) is 8.08. The third-order valence-corrected chi connectivity index (χ3v) is 2.66. The van der Waals surface area contributed by atoms with Crippen molar-refractivity contribution in [1.82, 2.24) is 5.32 Å². The minimum absolute atomic E-state index is 0.0719. The monoisotopic (exact) mass is 271 g/mol. The summed E-state index contributed by atoms with van der Waals surface area (Å²) >= 11 is 5.91. The number of nitrogens with one attached hydrogen (secondary N) is 1. The third kappa shape index (κ3) is 5.04. The molecule has 1 atom stereocenters. The van der Waals surface area contributed by atoms with E-state index in [4.69, 9.17) is 21.1 Å². The zero-order valence-corrected chi connectivity index (χ0v) is 11.4. The van der Waals surface area contributed by atoms with Gasteiger partial charge in [0, 0.05) is 25.3 Å². The highest BCUT2D eigenvalue weighted by Gasteiger charge is 2.12. The van der Waals surface area contributed by atoms with E-state index in [1.165, 1.54) is 0 Å². The molecular formula is C13H18ClNO3. The summed E-state index contributed by atoms with van der Waals surface area (Å²) in [5.41, 5.74) is 0.932. The number of rotatable bonds is 7. The Labute approximate surface area is 112 Å². The predicted molar refractivity (Wildman–Crippen MR) is 70.7 cm³/mol. The van der Waals surface area contributed by atoms with Gasteiger partial charge in [0.25, 0.3) is 0 Å². The smallest absolute Gasteiger partial charge is 0.246 e. The lowest BCUT2D eigenvalue weighted by atomic mass is 10.1. The predicted octanol–water partition coefficient (Wildman–Crippen LogP) is 2.18. The Morgan fingerprint density at radius 1 is 1.50 bits per heavy atom. The molecule has 1 aromatic rings. The first-order chi connectivity index (χ1) is 8.67. The molecule has 0 aliphatic carbocycles. The quantitative estimate of drug-likeness (QED) is 0.827. The molecule has 1 amide bonds. The van der Waals surface area contributed by atoms with Crippen LogP contribution in [0.4, 0.5) is 0 Å². The van der Waals surface area contributed by atoms with Crippen LogP contribution in [-0.4, -0.2) is 32.8 Å². The molecule has 1 N–H and O–H groups in total. The number of halogens is 1. The van der Waals surface area contributed by atoms with Crippen molar-refractivity contribution >= 4 is 17.5 Å². The highest BCUT2D eigenvalue weighted by molar-refractivity contribution is 6.30. The van der Waals surface area contributed by atoms with E-state index in [9.17, 15) is 4.79 Å². The van der Waals surface area contributed by atoms with Gasteiger partial charge in [0.15, 0.2) is 0 Å². The van der Waals surface area contributed by atoms with Crippen LogP contribution in [0.25, 0.3) is 0 Å². The van der Waals surface area contributed by atoms with Crippen molar-refractivity contribution in [2.24, 2.45) is 0 Å². The normalized spacial score (nSPS) is 12.2. The maximum Gasteiger partial charge on any atom is 0.246 e. The standard InChI is InChI=1S/C13H18ClNO3/c1-3-18-9-13(16)15-8-12(17-2)10-5-4-6-11(14)7-10/h4-7,12H,3,8-9H2,1-2H3,(H,15,16)/t12-/m1/s1. The van der Waals surface area contributed by atoms with Crippen LogP contribution >= 0.6 is 11.6 Å². The average molecular weight is 272 g/mol. The van der Waals surface area contributed by atoms with Crippen LogP contribution in [0.5, 0.6) is 0 Å². The van der Waals surface area contributed by atoms with Crippen molar-refractivity contribution in [3.8, 4) is 0 Å². The van der Waals surface area contributed by atoms with Gasteiger partial charge < -0.3 is 14.8 Å². The summed E-state index contributed by atoms with van der Waals surface area (Å²) in [6.07, 6.45) is -0.214. The van der Waals surface area contributed by atoms with E-state index < -0.39 is 0 Å². The number of carbonyl (C=O) groups excluding carboxylic acids is 1. The SMILES string of the molecule is CCOCC(=O)NC[C@@H](OC)c1cccc(Cl)c1. The topological polar surface area (TPSA) is 47.6 Å². The first kappa shape index (κ1) is 15.0. The molecule has 1 aromatic carbocycles. The van der Waals surface area contributed by atoms with Gasteiger partial charge in [-0.05, 0) is 24.6 Å². The van der Waals surface area contributed by atoms with Crippen LogP contribution in [0.3, 0.4) is 0 Å². The van der Waals surface area contributed by atoms with Crippen molar-refractivity contribution in [2.75, 3.05) is 26.9 Å². The van der Waals surface area contributed by atoms with Crippen molar-refractivity contribution in [3.63, 3.8) is 0 Å². The van der Waals surface area contributed by atoms with Gasteiger partial charge in [-0.1, -0.05) is 23.7 Å². The fraction of sp³-hybridized carbons (Fsp3) is 0.462. The van der Waals surface area contributed by atoms with Crippen LogP contribution in [0, 0.1) is 0 Å². The molecule has 0 radical (unpaired) electrons. The van der Waals surface area contributed by atoms with E-state index in [1.807, 2.05) is 25.1 Å². The third-order valence-electron chi connectivity index (χ3n) is 2.43. The Kier molecular flexibility index (Phi) is 6.72. The van der Waals surface area contributed by atoms with Crippen molar-refractivity contribution in [2.45, 2.75) is 13.0 Å². The zero-order chi connectivity index (χ0) is 13.4. The zero-order valence-electron chi connectivity index (χ0n) is 10.6. The molecule has 0 saturated carbocycles. The van der Waals surface area contributed by atoms with Crippen LogP contribution < -0.4 is 5.32 Å². The Hall–Kier alpha value is -1.10. The number of amides is 1. The molecule has 0 aliphatic rings. The van der Waals surface area contributed by atoms with Crippen LogP contribution in [-0.2, 0) is 14.3 Å². The highest BCUT2D eigenvalue weighted by Crippen LogP contribution is 2.19. The van der Waals surface area contributed by atoms with E-state index in [-0.39, 0.29) is 18.6 Å². The van der Waals surface area contributed by atoms with E-state index in [0.717, 1.165) is 5.56 Å². The number of benzene rings is 1. The summed E-state index contributed by atoms with van der Waals surface area (Å²) in [6, 6.07) is 7.39. The first-order valence-electron chi connectivity index (χ1n) is 5.80. The molecule has 0 saturated heterocycles. The molecule has 4 nitrogen and oxygen atoms in total. The largest absolute Gasteiger partial charge is 0.375 e. The van der Waals surface area contributed by atoms with Gasteiger partial charge in [-0.2, -0.15) is 0 Å². The van der Waals surface area contributed by atoms with Crippen LogP contribution in [0.15, 0.2) is 24.3 Å². The molecule has 0 unspecified atom stereocenters. The summed E-state index contributed by atoms with van der Waals surface area (Å²) in [6.45, 7) is 2.83. The summed E-state index contributed by atoms with van der Waals surface area (Å²) in [5.74, 6) is -0.152. The highest BCUT2D eigenvalue weighted by atomic mass is 35.5. The molecule has 100 valence electrons. The molecule has 0 spiro atoms. The molecule has 5 heteroatoms. The first-order valence-corrected chi connectivity index (χ1v) is 6.17.